The van der Waals surface area contributed by atoms with Crippen LogP contribution >= 0.6 is 0 Å². The lowest BCUT2D eigenvalue weighted by Crippen LogP contribution is -2.01. The highest BCUT2D eigenvalue weighted by Crippen LogP contribution is 2.44. The fourth-order valence-corrected chi connectivity index (χ4v) is 9.41. The molecule has 3 heterocycles. The van der Waals surface area contributed by atoms with Gasteiger partial charge in [0.2, 0.25) is 0 Å². The predicted octanol–water partition coefficient (Wildman–Crippen LogP) is 14.3. The topological polar surface area (TPSA) is 14.8 Å². The molecule has 0 aliphatic heterocycles. The minimum absolute atomic E-state index is 1.15. The average Bonchev–Trinajstić information content (AvgIpc) is 3.92. The zero-order valence-corrected chi connectivity index (χ0v) is 31.0. The smallest absolute Gasteiger partial charge is 0.0618 e. The van der Waals surface area contributed by atoms with Gasteiger partial charge in [0.05, 0.1) is 38.8 Å². The van der Waals surface area contributed by atoms with Crippen LogP contribution in [0.2, 0.25) is 0 Å². The first-order chi connectivity index (χ1) is 28.3. The minimum Gasteiger partial charge on any atom is -0.309 e. The van der Waals surface area contributed by atoms with Gasteiger partial charge in [-0.15, -0.1) is 0 Å². The number of hydrogen-bond donors (Lipinski definition) is 0. The van der Waals surface area contributed by atoms with Crippen molar-refractivity contribution >= 4 is 65.4 Å². The Bertz CT molecular complexity index is 3460. The Kier molecular flexibility index (Phi) is 6.93. The maximum absolute atomic E-state index is 2.51. The summed E-state index contributed by atoms with van der Waals surface area (Å²) in [5.41, 5.74) is 15.4. The van der Waals surface area contributed by atoms with Crippen molar-refractivity contribution in [3.05, 3.63) is 212 Å². The second-order valence-electron chi connectivity index (χ2n) is 14.9. The van der Waals surface area contributed by atoms with E-state index in [1.54, 1.807) is 0 Å². The van der Waals surface area contributed by atoms with Gasteiger partial charge in [-0.1, -0.05) is 146 Å². The molecule has 0 radical (unpaired) electrons. The molecule has 12 rings (SSSR count). The van der Waals surface area contributed by atoms with Gasteiger partial charge in [0.15, 0.2) is 0 Å². The van der Waals surface area contributed by atoms with E-state index in [0.29, 0.717) is 0 Å². The van der Waals surface area contributed by atoms with Crippen LogP contribution in [0.4, 0.5) is 0 Å². The van der Waals surface area contributed by atoms with Gasteiger partial charge >= 0.3 is 0 Å². The van der Waals surface area contributed by atoms with Crippen LogP contribution in [-0.4, -0.2) is 13.7 Å². The third-order valence-corrected chi connectivity index (χ3v) is 11.8. The molecule has 9 aromatic carbocycles. The van der Waals surface area contributed by atoms with Gasteiger partial charge in [-0.05, 0) is 77.9 Å². The van der Waals surface area contributed by atoms with Gasteiger partial charge in [-0.2, -0.15) is 0 Å². The molecular formula is C54H35N3. The average molecular weight is 726 g/mol. The van der Waals surface area contributed by atoms with Crippen LogP contribution in [0.25, 0.3) is 105 Å². The molecule has 3 nitrogen and oxygen atoms in total. The largest absolute Gasteiger partial charge is 0.309 e. The molecule has 0 bridgehead atoms. The van der Waals surface area contributed by atoms with Crippen molar-refractivity contribution < 1.29 is 0 Å². The molecule has 266 valence electrons. The quantitative estimate of drug-likeness (QED) is 0.168. The van der Waals surface area contributed by atoms with E-state index < -0.39 is 0 Å². The van der Waals surface area contributed by atoms with E-state index in [9.17, 15) is 0 Å². The highest BCUT2D eigenvalue weighted by Gasteiger charge is 2.22. The number of rotatable bonds is 5. The first kappa shape index (κ1) is 31.7. The molecule has 0 saturated heterocycles. The number of fused-ring (bicyclic) bond motifs is 9. The maximum atomic E-state index is 2.51. The normalized spacial score (nSPS) is 11.9. The molecule has 0 unspecified atom stereocenters. The highest BCUT2D eigenvalue weighted by atomic mass is 15.0. The van der Waals surface area contributed by atoms with Crippen molar-refractivity contribution in [3.8, 4) is 39.3 Å². The molecule has 12 aromatic rings. The fourth-order valence-electron chi connectivity index (χ4n) is 9.41. The zero-order chi connectivity index (χ0) is 37.5. The standard InChI is InChI=1S/C54H35N3/c1-3-16-36(17-4-1)40-24-15-25-41(37-30-32-52-46(34-37)44-22-9-13-28-50(44)55(52)38-18-5-2-6-19-38)54(40)57-51-29-14-10-23-45(51)47-35-39(31-33-53(47)57)56-48-26-11-7-20-42(48)43-21-8-12-27-49(43)56/h1-35H. The Morgan fingerprint density at radius 1 is 0.228 bits per heavy atom. The van der Waals surface area contributed by atoms with E-state index in [-0.39, 0.29) is 0 Å². The Morgan fingerprint density at radius 2 is 0.649 bits per heavy atom. The van der Waals surface area contributed by atoms with Crippen LogP contribution in [0.1, 0.15) is 0 Å². The van der Waals surface area contributed by atoms with E-state index in [1.807, 2.05) is 0 Å². The third kappa shape index (κ3) is 4.73. The summed E-state index contributed by atoms with van der Waals surface area (Å²) in [6.45, 7) is 0. The second kappa shape index (κ2) is 12.5. The van der Waals surface area contributed by atoms with Crippen molar-refractivity contribution in [1.82, 2.24) is 13.7 Å². The van der Waals surface area contributed by atoms with Crippen molar-refractivity contribution in [2.24, 2.45) is 0 Å². The third-order valence-electron chi connectivity index (χ3n) is 11.8. The lowest BCUT2D eigenvalue weighted by atomic mass is 9.94. The molecule has 0 aliphatic rings. The van der Waals surface area contributed by atoms with Crippen LogP contribution in [0.15, 0.2) is 212 Å². The van der Waals surface area contributed by atoms with E-state index >= 15 is 0 Å². The van der Waals surface area contributed by atoms with Gasteiger partial charge in [0.1, 0.15) is 0 Å². The Balaban J connectivity index is 1.15. The number of benzene rings is 9. The lowest BCUT2D eigenvalue weighted by molar-refractivity contribution is 1.17. The van der Waals surface area contributed by atoms with E-state index in [0.717, 1.165) is 11.4 Å². The monoisotopic (exact) mass is 725 g/mol. The predicted molar refractivity (Wildman–Crippen MR) is 240 cm³/mol. The summed E-state index contributed by atoms with van der Waals surface area (Å²) in [5.74, 6) is 0. The van der Waals surface area contributed by atoms with Gasteiger partial charge < -0.3 is 13.7 Å². The van der Waals surface area contributed by atoms with Crippen LogP contribution in [0.3, 0.4) is 0 Å². The minimum atomic E-state index is 1.15. The highest BCUT2D eigenvalue weighted by molar-refractivity contribution is 6.14. The summed E-state index contributed by atoms with van der Waals surface area (Å²) in [5, 5.41) is 7.46. The van der Waals surface area contributed by atoms with Gasteiger partial charge in [0, 0.05) is 54.8 Å². The van der Waals surface area contributed by atoms with E-state index in [1.165, 1.54) is 93.4 Å². The molecule has 0 amide bonds. The Labute approximate surface area is 329 Å². The molecule has 0 spiro atoms. The van der Waals surface area contributed by atoms with Crippen molar-refractivity contribution in [2.75, 3.05) is 0 Å². The molecular weight excluding hydrogens is 691 g/mol. The van der Waals surface area contributed by atoms with E-state index in [4.69, 9.17) is 0 Å². The molecule has 0 saturated carbocycles. The SMILES string of the molecule is c1ccc(-c2cccc(-c3ccc4c(c3)c3ccccc3n4-c3ccccc3)c2-n2c3ccccc3c3cc(-n4c5ccccc5c5ccccc54)ccc32)cc1. The van der Waals surface area contributed by atoms with Crippen LogP contribution < -0.4 is 0 Å². The van der Waals surface area contributed by atoms with Crippen LogP contribution in [0, 0.1) is 0 Å². The Hall–Kier alpha value is -7.62. The molecule has 0 aliphatic carbocycles. The molecule has 3 heteroatoms. The summed E-state index contributed by atoms with van der Waals surface area (Å²) in [4.78, 5) is 0. The second-order valence-corrected chi connectivity index (χ2v) is 14.9. The fraction of sp³-hybridized carbons (Fsp3) is 0. The van der Waals surface area contributed by atoms with Crippen LogP contribution in [-0.2, 0) is 0 Å². The number of nitrogens with zero attached hydrogens (tertiary/aromatic N) is 3. The maximum Gasteiger partial charge on any atom is 0.0618 e. The summed E-state index contributed by atoms with van der Waals surface area (Å²) >= 11 is 0. The number of aromatic nitrogens is 3. The van der Waals surface area contributed by atoms with Gasteiger partial charge in [-0.3, -0.25) is 0 Å². The molecule has 3 aromatic heterocycles. The molecule has 0 fully saturated rings. The lowest BCUT2D eigenvalue weighted by Gasteiger charge is -2.19. The van der Waals surface area contributed by atoms with Crippen molar-refractivity contribution in [2.45, 2.75) is 0 Å². The van der Waals surface area contributed by atoms with E-state index in [2.05, 4.69) is 226 Å². The summed E-state index contributed by atoms with van der Waals surface area (Å²) in [6, 6.07) is 77.5. The molecule has 0 N–H and O–H groups in total. The number of para-hydroxylation sites is 6. The summed E-state index contributed by atoms with van der Waals surface area (Å²) in [7, 11) is 0. The van der Waals surface area contributed by atoms with Crippen LogP contribution in [0.5, 0.6) is 0 Å². The van der Waals surface area contributed by atoms with Crippen molar-refractivity contribution in [3.63, 3.8) is 0 Å². The zero-order valence-electron chi connectivity index (χ0n) is 31.0. The molecule has 57 heavy (non-hydrogen) atoms. The Morgan fingerprint density at radius 3 is 1.26 bits per heavy atom. The number of hydrogen-bond acceptors (Lipinski definition) is 0. The summed E-state index contributed by atoms with van der Waals surface area (Å²) in [6.07, 6.45) is 0. The van der Waals surface area contributed by atoms with Gasteiger partial charge in [0.25, 0.3) is 0 Å². The summed E-state index contributed by atoms with van der Waals surface area (Å²) < 4.78 is 7.31. The van der Waals surface area contributed by atoms with Gasteiger partial charge in [-0.25, -0.2) is 0 Å². The van der Waals surface area contributed by atoms with Crippen molar-refractivity contribution in [1.29, 1.82) is 0 Å². The first-order valence-corrected chi connectivity index (χ1v) is 19.6. The molecule has 0 atom stereocenters. The first-order valence-electron chi connectivity index (χ1n) is 19.6.